The van der Waals surface area contributed by atoms with Crippen LogP contribution in [-0.4, -0.2) is 58.3 Å². The fourth-order valence-corrected chi connectivity index (χ4v) is 2.98. The van der Waals surface area contributed by atoms with Gasteiger partial charge in [-0.15, -0.1) is 0 Å². The molecule has 1 aromatic rings. The lowest BCUT2D eigenvalue weighted by atomic mass is 10.1. The number of benzene rings is 1. The van der Waals surface area contributed by atoms with Crippen LogP contribution in [0.3, 0.4) is 0 Å². The highest BCUT2D eigenvalue weighted by molar-refractivity contribution is 6.29. The van der Waals surface area contributed by atoms with Crippen LogP contribution in [0.1, 0.15) is 31.7 Å². The Morgan fingerprint density at radius 2 is 1.64 bits per heavy atom. The molecule has 0 bridgehead atoms. The van der Waals surface area contributed by atoms with Gasteiger partial charge in [-0.2, -0.15) is 0 Å². The second-order valence-electron chi connectivity index (χ2n) is 7.16. The number of nitrogens with zero attached hydrogens (tertiary/aromatic N) is 3. The van der Waals surface area contributed by atoms with Gasteiger partial charge in [-0.05, 0) is 30.5 Å². The second-order valence-corrected chi connectivity index (χ2v) is 7.16. The third kappa shape index (κ3) is 6.41. The minimum Gasteiger partial charge on any atom is -0.445 e. The predicted octanol–water partition coefficient (Wildman–Crippen LogP) is 0.931. The molecule has 5 amide bonds. The number of amides is 5. The highest BCUT2D eigenvalue weighted by Crippen LogP contribution is 2.19. The van der Waals surface area contributed by atoms with E-state index in [9.17, 15) is 29.3 Å². The second kappa shape index (κ2) is 11.5. The summed E-state index contributed by atoms with van der Waals surface area (Å²) in [6, 6.07) is 4.78. The average molecular weight is 462 g/mol. The van der Waals surface area contributed by atoms with Gasteiger partial charge in [0, 0.05) is 31.8 Å². The standard InChI is InChI=1S/C20H26N6O7/c1-2-3-10-24-17(27)15(16(21)22)18(28)25(20(24)30)11-4-9-23-19(29)33-12-13-5-7-14(8-6-13)26(31)32/h5-8H,2-4,9-12,21-22H2,1H3,(H,23,29). The number of carbonyl (C=O) groups is 4. The van der Waals surface area contributed by atoms with Crippen molar-refractivity contribution in [2.24, 2.45) is 11.5 Å². The zero-order valence-electron chi connectivity index (χ0n) is 18.1. The number of nitro groups is 1. The Balaban J connectivity index is 1.86. The van der Waals surface area contributed by atoms with E-state index >= 15 is 0 Å². The number of ether oxygens (including phenoxy) is 1. The fraction of sp³-hybridized carbons (Fsp3) is 0.400. The number of hydrogen-bond acceptors (Lipinski definition) is 9. The molecule has 1 heterocycles. The van der Waals surface area contributed by atoms with Gasteiger partial charge in [0.1, 0.15) is 18.0 Å². The third-order valence-electron chi connectivity index (χ3n) is 4.75. The van der Waals surface area contributed by atoms with Crippen LogP contribution in [0, 0.1) is 10.1 Å². The quantitative estimate of drug-likeness (QED) is 0.149. The first kappa shape index (κ1) is 25.1. The lowest BCUT2D eigenvalue weighted by molar-refractivity contribution is -0.384. The van der Waals surface area contributed by atoms with Crippen LogP contribution in [-0.2, 0) is 20.9 Å². The molecule has 1 aromatic carbocycles. The van der Waals surface area contributed by atoms with Crippen molar-refractivity contribution in [1.82, 2.24) is 15.1 Å². The Labute approximate surface area is 189 Å². The van der Waals surface area contributed by atoms with Crippen LogP contribution < -0.4 is 16.8 Å². The molecule has 13 nitrogen and oxygen atoms in total. The predicted molar refractivity (Wildman–Crippen MR) is 115 cm³/mol. The van der Waals surface area contributed by atoms with E-state index in [1.807, 2.05) is 6.92 Å². The zero-order chi connectivity index (χ0) is 24.5. The summed E-state index contributed by atoms with van der Waals surface area (Å²) in [5, 5.41) is 13.1. The Morgan fingerprint density at radius 1 is 1.06 bits per heavy atom. The van der Waals surface area contributed by atoms with Gasteiger partial charge in [-0.1, -0.05) is 13.3 Å². The highest BCUT2D eigenvalue weighted by Gasteiger charge is 2.42. The van der Waals surface area contributed by atoms with Crippen molar-refractivity contribution >= 4 is 29.6 Å². The number of non-ortho nitro benzene ring substituents is 1. The van der Waals surface area contributed by atoms with Gasteiger partial charge in [-0.3, -0.25) is 29.5 Å². The van der Waals surface area contributed by atoms with E-state index in [2.05, 4.69) is 5.32 Å². The molecule has 0 aliphatic carbocycles. The first-order chi connectivity index (χ1) is 15.7. The van der Waals surface area contributed by atoms with Crippen molar-refractivity contribution in [2.75, 3.05) is 19.6 Å². The highest BCUT2D eigenvalue weighted by atomic mass is 16.6. The van der Waals surface area contributed by atoms with Crippen LogP contribution in [0.25, 0.3) is 0 Å². The summed E-state index contributed by atoms with van der Waals surface area (Å²) < 4.78 is 5.03. The summed E-state index contributed by atoms with van der Waals surface area (Å²) >= 11 is 0. The largest absolute Gasteiger partial charge is 0.445 e. The normalized spacial score (nSPS) is 13.8. The van der Waals surface area contributed by atoms with E-state index in [1.54, 1.807) is 0 Å². The van der Waals surface area contributed by atoms with Gasteiger partial charge in [0.25, 0.3) is 17.5 Å². The summed E-state index contributed by atoms with van der Waals surface area (Å²) in [5.41, 5.74) is 11.0. The number of rotatable bonds is 10. The number of imide groups is 2. The Hall–Kier alpha value is -4.16. The van der Waals surface area contributed by atoms with E-state index in [1.165, 1.54) is 24.3 Å². The van der Waals surface area contributed by atoms with Crippen LogP contribution in [0.15, 0.2) is 35.7 Å². The van der Waals surface area contributed by atoms with E-state index in [0.29, 0.717) is 12.0 Å². The van der Waals surface area contributed by atoms with Crippen LogP contribution in [0.4, 0.5) is 15.3 Å². The molecular formula is C20H26N6O7. The summed E-state index contributed by atoms with van der Waals surface area (Å²) in [6.07, 6.45) is 0.738. The molecule has 0 radical (unpaired) electrons. The van der Waals surface area contributed by atoms with Crippen molar-refractivity contribution in [3.8, 4) is 0 Å². The van der Waals surface area contributed by atoms with Crippen molar-refractivity contribution in [3.05, 3.63) is 51.3 Å². The minimum absolute atomic E-state index is 0.0747. The first-order valence-corrected chi connectivity index (χ1v) is 10.2. The van der Waals surface area contributed by atoms with Crippen molar-refractivity contribution in [2.45, 2.75) is 32.8 Å². The molecule has 33 heavy (non-hydrogen) atoms. The molecule has 178 valence electrons. The molecule has 0 atom stereocenters. The van der Waals surface area contributed by atoms with Crippen LogP contribution in [0.2, 0.25) is 0 Å². The topological polar surface area (TPSA) is 191 Å². The number of nitrogens with one attached hydrogen (secondary N) is 1. The maximum Gasteiger partial charge on any atom is 0.407 e. The molecule has 1 aliphatic rings. The van der Waals surface area contributed by atoms with Gasteiger partial charge in [-0.25, -0.2) is 9.59 Å². The number of unbranched alkanes of at least 4 members (excludes halogenated alkanes) is 1. The molecule has 1 fully saturated rings. The zero-order valence-corrected chi connectivity index (χ0v) is 18.1. The van der Waals surface area contributed by atoms with Crippen LogP contribution in [0.5, 0.6) is 0 Å². The molecule has 2 rings (SSSR count). The van der Waals surface area contributed by atoms with Crippen molar-refractivity contribution in [1.29, 1.82) is 0 Å². The molecule has 0 aromatic heterocycles. The molecule has 5 N–H and O–H groups in total. The van der Waals surface area contributed by atoms with Gasteiger partial charge in [0.15, 0.2) is 0 Å². The van der Waals surface area contributed by atoms with E-state index in [4.69, 9.17) is 16.2 Å². The maximum absolute atomic E-state index is 12.6. The van der Waals surface area contributed by atoms with Crippen LogP contribution >= 0.6 is 0 Å². The van der Waals surface area contributed by atoms with Crippen molar-refractivity contribution < 1.29 is 28.8 Å². The van der Waals surface area contributed by atoms with Gasteiger partial charge >= 0.3 is 12.1 Å². The average Bonchev–Trinajstić information content (AvgIpc) is 2.77. The Morgan fingerprint density at radius 3 is 2.15 bits per heavy atom. The number of nitrogens with two attached hydrogens (primary N) is 2. The summed E-state index contributed by atoms with van der Waals surface area (Å²) in [7, 11) is 0. The molecule has 0 saturated carbocycles. The number of carbonyl (C=O) groups excluding carboxylic acids is 4. The molecular weight excluding hydrogens is 436 g/mol. The fourth-order valence-electron chi connectivity index (χ4n) is 2.98. The number of hydrogen-bond donors (Lipinski definition) is 3. The SMILES string of the molecule is CCCCN1C(=O)C(=C(N)N)C(=O)N(CCCNC(=O)OCc2ccc([N+](=O)[O-])cc2)C1=O. The van der Waals surface area contributed by atoms with Gasteiger partial charge in [0.05, 0.1) is 4.92 Å². The van der Waals surface area contributed by atoms with E-state index in [-0.39, 0.29) is 38.3 Å². The summed E-state index contributed by atoms with van der Waals surface area (Å²) in [5.74, 6) is -2.15. The van der Waals surface area contributed by atoms with E-state index in [0.717, 1.165) is 16.2 Å². The molecule has 0 spiro atoms. The monoisotopic (exact) mass is 462 g/mol. The van der Waals surface area contributed by atoms with Gasteiger partial charge < -0.3 is 21.5 Å². The molecule has 1 saturated heterocycles. The van der Waals surface area contributed by atoms with E-state index < -0.39 is 40.3 Å². The smallest absolute Gasteiger partial charge is 0.407 e. The Kier molecular flexibility index (Phi) is 8.72. The number of alkyl carbamates (subject to hydrolysis) is 1. The summed E-state index contributed by atoms with van der Waals surface area (Å²) in [6.45, 7) is 1.93. The molecule has 13 heteroatoms. The number of nitro benzene ring substituents is 1. The van der Waals surface area contributed by atoms with Gasteiger partial charge in [0.2, 0.25) is 0 Å². The lowest BCUT2D eigenvalue weighted by Crippen LogP contribution is -2.57. The first-order valence-electron chi connectivity index (χ1n) is 10.2. The minimum atomic E-state index is -0.876. The maximum atomic E-state index is 12.6. The lowest BCUT2D eigenvalue weighted by Gasteiger charge is -2.34. The molecule has 0 unspecified atom stereocenters. The number of barbiturate groups is 1. The third-order valence-corrected chi connectivity index (χ3v) is 4.75. The van der Waals surface area contributed by atoms with Crippen molar-refractivity contribution in [3.63, 3.8) is 0 Å². The Bertz CT molecular complexity index is 956. The summed E-state index contributed by atoms with van der Waals surface area (Å²) in [4.78, 5) is 61.4. The molecule has 1 aliphatic heterocycles. The number of urea groups is 1.